The fraction of sp³-hybridized carbons (Fsp3) is 0.261. The van der Waals surface area contributed by atoms with Crippen molar-refractivity contribution in [3.05, 3.63) is 81.5 Å². The lowest BCUT2D eigenvalue weighted by Crippen LogP contribution is -2.40. The number of carbonyl (C=O) groups excluding carboxylic acids is 1. The van der Waals surface area contributed by atoms with Crippen LogP contribution in [0.3, 0.4) is 0 Å². The van der Waals surface area contributed by atoms with Crippen LogP contribution in [-0.4, -0.2) is 31.0 Å². The van der Waals surface area contributed by atoms with Crippen LogP contribution in [-0.2, 0) is 11.2 Å². The largest absolute Gasteiger partial charge is 0.495 e. The van der Waals surface area contributed by atoms with Gasteiger partial charge in [-0.2, -0.15) is 0 Å². The second-order valence-corrected chi connectivity index (χ2v) is 8.09. The van der Waals surface area contributed by atoms with Crippen LogP contribution in [0.5, 0.6) is 5.75 Å². The number of hydrogen-bond acceptors (Lipinski definition) is 4. The number of amides is 1. The Morgan fingerprint density at radius 3 is 2.82 bits per heavy atom. The van der Waals surface area contributed by atoms with Crippen LogP contribution in [0.25, 0.3) is 0 Å². The fourth-order valence-corrected chi connectivity index (χ4v) is 4.76. The van der Waals surface area contributed by atoms with Crippen LogP contribution < -0.4 is 10.1 Å². The van der Waals surface area contributed by atoms with E-state index in [0.29, 0.717) is 12.3 Å². The second kappa shape index (κ2) is 8.17. The first-order chi connectivity index (χ1) is 13.7. The summed E-state index contributed by atoms with van der Waals surface area (Å²) in [5.41, 5.74) is 4.35. The Morgan fingerprint density at radius 1 is 1.21 bits per heavy atom. The number of hydrogen-bond donors (Lipinski definition) is 1. The zero-order valence-electron chi connectivity index (χ0n) is 16.1. The number of nitrogens with one attached hydrogen (secondary N) is 1. The predicted octanol–water partition coefficient (Wildman–Crippen LogP) is 4.65. The maximum atomic E-state index is 12.9. The summed E-state index contributed by atoms with van der Waals surface area (Å²) in [6, 6.07) is 18.6. The molecule has 0 fully saturated rings. The van der Waals surface area contributed by atoms with E-state index in [1.807, 2.05) is 42.5 Å². The fourth-order valence-electron chi connectivity index (χ4n) is 3.86. The molecular weight excluding hydrogens is 368 g/mol. The van der Waals surface area contributed by atoms with Crippen LogP contribution in [0, 0.1) is 6.92 Å². The van der Waals surface area contributed by atoms with Gasteiger partial charge >= 0.3 is 0 Å². The molecule has 1 aliphatic heterocycles. The molecule has 0 saturated carbocycles. The Kier molecular flexibility index (Phi) is 5.46. The molecule has 0 bridgehead atoms. The highest BCUT2D eigenvalue weighted by Gasteiger charge is 2.30. The summed E-state index contributed by atoms with van der Waals surface area (Å²) >= 11 is 1.81. The molecule has 0 aliphatic carbocycles. The monoisotopic (exact) mass is 392 g/mol. The molecule has 1 N–H and O–H groups in total. The van der Waals surface area contributed by atoms with Gasteiger partial charge in [0.2, 0.25) is 5.91 Å². The van der Waals surface area contributed by atoms with E-state index in [0.717, 1.165) is 24.2 Å². The molecule has 4 nitrogen and oxygen atoms in total. The van der Waals surface area contributed by atoms with Crippen molar-refractivity contribution < 1.29 is 9.53 Å². The van der Waals surface area contributed by atoms with Crippen LogP contribution in [0.1, 0.15) is 27.6 Å². The van der Waals surface area contributed by atoms with E-state index in [-0.39, 0.29) is 11.9 Å². The maximum absolute atomic E-state index is 12.9. The van der Waals surface area contributed by atoms with E-state index in [1.165, 1.54) is 16.0 Å². The molecule has 0 saturated heterocycles. The molecule has 144 valence electrons. The molecule has 1 amide bonds. The number of carbonyl (C=O) groups is 1. The summed E-state index contributed by atoms with van der Waals surface area (Å²) in [4.78, 5) is 16.6. The van der Waals surface area contributed by atoms with Gasteiger partial charge in [0.15, 0.2) is 0 Å². The topological polar surface area (TPSA) is 41.6 Å². The van der Waals surface area contributed by atoms with E-state index in [9.17, 15) is 4.79 Å². The van der Waals surface area contributed by atoms with E-state index in [1.54, 1.807) is 7.11 Å². The van der Waals surface area contributed by atoms with E-state index < -0.39 is 0 Å². The lowest BCUT2D eigenvalue weighted by molar-refractivity contribution is -0.117. The molecular formula is C23H24N2O2S. The average molecular weight is 393 g/mol. The van der Waals surface area contributed by atoms with E-state index >= 15 is 0 Å². The van der Waals surface area contributed by atoms with Crippen molar-refractivity contribution in [1.82, 2.24) is 4.90 Å². The van der Waals surface area contributed by atoms with Gasteiger partial charge in [-0.3, -0.25) is 9.69 Å². The summed E-state index contributed by atoms with van der Waals surface area (Å²) in [6.07, 6.45) is 0.984. The van der Waals surface area contributed by atoms with Crippen molar-refractivity contribution in [3.8, 4) is 5.75 Å². The molecule has 2 aromatic carbocycles. The number of rotatable bonds is 5. The number of thiophene rings is 1. The highest BCUT2D eigenvalue weighted by molar-refractivity contribution is 7.10. The van der Waals surface area contributed by atoms with Gasteiger partial charge in [-0.15, -0.1) is 11.3 Å². The Labute approximate surface area is 169 Å². The number of fused-ring (bicyclic) bond motifs is 1. The van der Waals surface area contributed by atoms with Crippen LogP contribution in [0.4, 0.5) is 5.69 Å². The third-order valence-electron chi connectivity index (χ3n) is 5.16. The molecule has 1 atom stereocenters. The van der Waals surface area contributed by atoms with Crippen molar-refractivity contribution in [1.29, 1.82) is 0 Å². The Hall–Kier alpha value is -2.63. The molecule has 1 aliphatic rings. The van der Waals surface area contributed by atoms with E-state index in [4.69, 9.17) is 4.74 Å². The summed E-state index contributed by atoms with van der Waals surface area (Å²) in [5, 5.41) is 5.19. The van der Waals surface area contributed by atoms with Gasteiger partial charge in [0.1, 0.15) is 5.75 Å². The van der Waals surface area contributed by atoms with Crippen molar-refractivity contribution in [3.63, 3.8) is 0 Å². The van der Waals surface area contributed by atoms with Gasteiger partial charge < -0.3 is 10.1 Å². The minimum absolute atomic E-state index is 0.0245. The molecule has 28 heavy (non-hydrogen) atoms. The Morgan fingerprint density at radius 2 is 2.04 bits per heavy atom. The quantitative estimate of drug-likeness (QED) is 0.687. The zero-order valence-corrected chi connectivity index (χ0v) is 17.0. The molecule has 5 heteroatoms. The van der Waals surface area contributed by atoms with Crippen LogP contribution in [0.15, 0.2) is 60.0 Å². The average Bonchev–Trinajstić information content (AvgIpc) is 3.17. The number of nitrogens with zero attached hydrogens (tertiary/aromatic N) is 1. The van der Waals surface area contributed by atoms with Gasteiger partial charge in [0.25, 0.3) is 0 Å². The normalized spacial score (nSPS) is 16.4. The molecule has 0 unspecified atom stereocenters. The summed E-state index contributed by atoms with van der Waals surface area (Å²) in [7, 11) is 1.62. The summed E-state index contributed by atoms with van der Waals surface area (Å²) in [6.45, 7) is 3.21. The third-order valence-corrected chi connectivity index (χ3v) is 6.15. The first-order valence-corrected chi connectivity index (χ1v) is 10.3. The summed E-state index contributed by atoms with van der Waals surface area (Å²) in [5.74, 6) is 0.654. The molecule has 4 rings (SSSR count). The number of methoxy groups -OCH3 is 1. The van der Waals surface area contributed by atoms with Gasteiger partial charge in [0.05, 0.1) is 25.4 Å². The molecule has 0 spiro atoms. The smallest absolute Gasteiger partial charge is 0.238 e. The van der Waals surface area contributed by atoms with Gasteiger partial charge in [-0.1, -0.05) is 36.4 Å². The standard InChI is InChI=1S/C23H24N2O2S/c1-16-8-9-20(27-2)19(14-16)24-22(26)15-25-12-10-21-18(11-13-28-21)23(25)17-6-4-3-5-7-17/h3-9,11,13-14,23H,10,12,15H2,1-2H3,(H,24,26)/t23-/m0/s1. The number of benzene rings is 2. The molecule has 3 aromatic rings. The lowest BCUT2D eigenvalue weighted by atomic mass is 9.93. The van der Waals surface area contributed by atoms with Gasteiger partial charge in [-0.25, -0.2) is 0 Å². The van der Waals surface area contributed by atoms with Crippen molar-refractivity contribution >= 4 is 22.9 Å². The van der Waals surface area contributed by atoms with Gasteiger partial charge in [0, 0.05) is 11.4 Å². The zero-order chi connectivity index (χ0) is 19.5. The van der Waals surface area contributed by atoms with Gasteiger partial charge in [-0.05, 0) is 53.6 Å². The molecule has 2 heterocycles. The minimum atomic E-state index is -0.0245. The summed E-state index contributed by atoms with van der Waals surface area (Å²) < 4.78 is 5.39. The first kappa shape index (κ1) is 18.7. The second-order valence-electron chi connectivity index (χ2n) is 7.08. The highest BCUT2D eigenvalue weighted by atomic mass is 32.1. The maximum Gasteiger partial charge on any atom is 0.238 e. The number of aryl methyl sites for hydroxylation is 1. The SMILES string of the molecule is COc1ccc(C)cc1NC(=O)CN1CCc2sccc2[C@@H]1c1ccccc1. The predicted molar refractivity (Wildman–Crippen MR) is 114 cm³/mol. The van der Waals surface area contributed by atoms with Crippen molar-refractivity contribution in [2.45, 2.75) is 19.4 Å². The Balaban J connectivity index is 1.57. The molecule has 0 radical (unpaired) electrons. The minimum Gasteiger partial charge on any atom is -0.495 e. The number of ether oxygens (including phenoxy) is 1. The van der Waals surface area contributed by atoms with Crippen LogP contribution in [0.2, 0.25) is 0 Å². The highest BCUT2D eigenvalue weighted by Crippen LogP contribution is 2.37. The Bertz CT molecular complexity index is 968. The molecule has 1 aromatic heterocycles. The van der Waals surface area contributed by atoms with E-state index in [2.05, 4.69) is 45.9 Å². The van der Waals surface area contributed by atoms with Crippen molar-refractivity contribution in [2.75, 3.05) is 25.5 Å². The lowest BCUT2D eigenvalue weighted by Gasteiger charge is -2.35. The first-order valence-electron chi connectivity index (χ1n) is 9.45. The number of anilines is 1. The van der Waals surface area contributed by atoms with Crippen LogP contribution >= 0.6 is 11.3 Å². The van der Waals surface area contributed by atoms with Crippen molar-refractivity contribution in [2.24, 2.45) is 0 Å². The third kappa shape index (κ3) is 3.81.